The van der Waals surface area contributed by atoms with E-state index in [-0.39, 0.29) is 16.6 Å². The highest BCUT2D eigenvalue weighted by atomic mass is 32.2. The summed E-state index contributed by atoms with van der Waals surface area (Å²) >= 11 is 1.28. The van der Waals surface area contributed by atoms with E-state index in [4.69, 9.17) is 0 Å². The lowest BCUT2D eigenvalue weighted by Gasteiger charge is -2.31. The van der Waals surface area contributed by atoms with Crippen LogP contribution in [-0.4, -0.2) is 27.1 Å². The molecular formula is C24H30NO5PS. The molecule has 3 rings (SSSR count). The maximum absolute atomic E-state index is 13.2. The molecule has 2 aromatic rings. The molecule has 1 aliphatic rings. The van der Waals surface area contributed by atoms with Gasteiger partial charge in [-0.1, -0.05) is 65.4 Å². The Bertz CT molecular complexity index is 1100. The fraction of sp³-hybridized carbons (Fsp3) is 0.375. The average molecular weight is 476 g/mol. The van der Waals surface area contributed by atoms with Crippen molar-refractivity contribution in [3.63, 3.8) is 0 Å². The number of carbonyl (C=O) groups is 1. The van der Waals surface area contributed by atoms with Gasteiger partial charge in [-0.2, -0.15) is 0 Å². The molecule has 0 saturated heterocycles. The molecule has 0 fully saturated rings. The first-order valence-corrected chi connectivity index (χ1v) is 12.9. The number of hydrogen-bond acceptors (Lipinski definition) is 4. The normalized spacial score (nSPS) is 16.4. The van der Waals surface area contributed by atoms with Gasteiger partial charge in [0.05, 0.1) is 10.6 Å². The molecule has 0 aliphatic carbocycles. The molecule has 3 N–H and O–H groups in total. The van der Waals surface area contributed by atoms with Crippen molar-refractivity contribution < 1.29 is 24.3 Å². The van der Waals surface area contributed by atoms with Gasteiger partial charge >= 0.3 is 7.60 Å². The van der Waals surface area contributed by atoms with Crippen LogP contribution in [0.25, 0.3) is 6.08 Å². The Morgan fingerprint density at radius 3 is 2.03 bits per heavy atom. The largest absolute Gasteiger partial charge is 0.507 e. The lowest BCUT2D eigenvalue weighted by Crippen LogP contribution is -2.35. The van der Waals surface area contributed by atoms with E-state index >= 15 is 0 Å². The molecule has 0 unspecified atom stereocenters. The quantitative estimate of drug-likeness (QED) is 0.395. The number of nitrogens with zero attached hydrogens (tertiary/aromatic N) is 1. The third-order valence-corrected chi connectivity index (χ3v) is 6.93. The number of carbonyl (C=O) groups excluding carboxylic acids is 1. The Labute approximate surface area is 193 Å². The lowest BCUT2D eigenvalue weighted by molar-refractivity contribution is -0.114. The Morgan fingerprint density at radius 2 is 1.53 bits per heavy atom. The first kappa shape index (κ1) is 24.6. The van der Waals surface area contributed by atoms with Gasteiger partial charge in [0.2, 0.25) is 0 Å². The predicted molar refractivity (Wildman–Crippen MR) is 130 cm³/mol. The molecule has 172 valence electrons. The second-order valence-corrected chi connectivity index (χ2v) is 12.8. The van der Waals surface area contributed by atoms with Gasteiger partial charge in [-0.25, -0.2) is 0 Å². The minimum absolute atomic E-state index is 0.253. The van der Waals surface area contributed by atoms with Crippen LogP contribution in [0.3, 0.4) is 0 Å². The number of thioether (sulfide) groups is 1. The van der Waals surface area contributed by atoms with Gasteiger partial charge in [-0.05, 0) is 46.7 Å². The van der Waals surface area contributed by atoms with E-state index in [0.29, 0.717) is 10.6 Å². The number of hydrogen-bond donors (Lipinski definition) is 3. The van der Waals surface area contributed by atoms with E-state index < -0.39 is 19.8 Å². The standard InChI is InChI=1S/C24H30NO5PS/c1-23(2,3)16-11-15(12-17(21(16)26)24(4,5)6)13-20-22(27)25(14-31(28,29)30)18-9-7-8-10-19(18)32-20/h7-13,26H,14H2,1-6H3,(H2,28,29,30). The molecule has 0 radical (unpaired) electrons. The Hall–Kier alpha value is -2.05. The molecule has 0 spiro atoms. The second-order valence-electron chi connectivity index (χ2n) is 10.1. The number of phenols is 1. The van der Waals surface area contributed by atoms with Crippen LogP contribution in [0, 0.1) is 0 Å². The zero-order valence-electron chi connectivity index (χ0n) is 19.2. The molecule has 8 heteroatoms. The van der Waals surface area contributed by atoms with Crippen molar-refractivity contribution in [1.82, 2.24) is 0 Å². The molecule has 32 heavy (non-hydrogen) atoms. The van der Waals surface area contributed by atoms with Crippen molar-refractivity contribution in [2.24, 2.45) is 0 Å². The highest BCUT2D eigenvalue weighted by Gasteiger charge is 2.34. The molecule has 1 heterocycles. The highest BCUT2D eigenvalue weighted by molar-refractivity contribution is 8.04. The van der Waals surface area contributed by atoms with Crippen molar-refractivity contribution in [3.05, 3.63) is 58.0 Å². The van der Waals surface area contributed by atoms with Gasteiger partial charge in [0, 0.05) is 16.0 Å². The Morgan fingerprint density at radius 1 is 1.00 bits per heavy atom. The number of rotatable bonds is 3. The fourth-order valence-corrected chi connectivity index (χ4v) is 5.33. The first-order valence-electron chi connectivity index (χ1n) is 10.3. The Balaban J connectivity index is 2.17. The van der Waals surface area contributed by atoms with Crippen molar-refractivity contribution in [1.29, 1.82) is 0 Å². The summed E-state index contributed by atoms with van der Waals surface area (Å²) in [6.07, 6.45) is 1.05. The van der Waals surface area contributed by atoms with Crippen molar-refractivity contribution >= 4 is 37.0 Å². The van der Waals surface area contributed by atoms with Crippen molar-refractivity contribution in [2.75, 3.05) is 11.2 Å². The van der Waals surface area contributed by atoms with Crippen LogP contribution in [0.4, 0.5) is 5.69 Å². The monoisotopic (exact) mass is 475 g/mol. The van der Waals surface area contributed by atoms with E-state index in [2.05, 4.69) is 0 Å². The van der Waals surface area contributed by atoms with Crippen LogP contribution in [0.1, 0.15) is 58.2 Å². The zero-order valence-corrected chi connectivity index (χ0v) is 20.9. The van der Waals surface area contributed by atoms with E-state index in [0.717, 1.165) is 26.5 Å². The molecule has 1 aliphatic heterocycles. The number of amides is 1. The molecule has 0 saturated carbocycles. The number of anilines is 1. The predicted octanol–water partition coefficient (Wildman–Crippen LogP) is 5.60. The SMILES string of the molecule is CC(C)(C)c1cc(C=C2Sc3ccccc3N(CP(=O)(O)O)C2=O)cc(C(C)(C)C)c1O. The van der Waals surface area contributed by atoms with E-state index in [9.17, 15) is 24.3 Å². The summed E-state index contributed by atoms with van der Waals surface area (Å²) in [5.74, 6) is -0.206. The van der Waals surface area contributed by atoms with Crippen LogP contribution >= 0.6 is 19.4 Å². The summed E-state index contributed by atoms with van der Waals surface area (Å²) in [4.78, 5) is 34.6. The minimum Gasteiger partial charge on any atom is -0.507 e. The van der Waals surface area contributed by atoms with Crippen LogP contribution < -0.4 is 4.90 Å². The van der Waals surface area contributed by atoms with Gasteiger partial charge in [-0.15, -0.1) is 0 Å². The smallest absolute Gasteiger partial charge is 0.345 e. The van der Waals surface area contributed by atoms with Crippen LogP contribution in [-0.2, 0) is 20.2 Å². The molecule has 0 bridgehead atoms. The number of aromatic hydroxyl groups is 1. The number of phenolic OH excluding ortho intramolecular Hbond substituents is 1. The molecule has 1 amide bonds. The zero-order chi connectivity index (χ0) is 24.1. The summed E-state index contributed by atoms with van der Waals surface area (Å²) in [6.45, 7) is 12.1. The number of benzene rings is 2. The number of fused-ring (bicyclic) bond motifs is 1. The van der Waals surface area contributed by atoms with Gasteiger partial charge in [-0.3, -0.25) is 14.3 Å². The summed E-state index contributed by atoms with van der Waals surface area (Å²) in [5, 5.41) is 11.0. The van der Waals surface area contributed by atoms with Crippen molar-refractivity contribution in [2.45, 2.75) is 57.3 Å². The summed E-state index contributed by atoms with van der Waals surface area (Å²) < 4.78 is 11.7. The molecule has 6 nitrogen and oxygen atoms in total. The van der Waals surface area contributed by atoms with Crippen LogP contribution in [0.15, 0.2) is 46.2 Å². The van der Waals surface area contributed by atoms with Crippen molar-refractivity contribution in [3.8, 4) is 5.75 Å². The van der Waals surface area contributed by atoms with Crippen LogP contribution in [0.2, 0.25) is 0 Å². The maximum Gasteiger partial charge on any atom is 0.345 e. The third-order valence-electron chi connectivity index (χ3n) is 5.20. The van der Waals surface area contributed by atoms with E-state index in [1.165, 1.54) is 11.8 Å². The molecule has 0 atom stereocenters. The fourth-order valence-electron chi connectivity index (χ4n) is 3.62. The summed E-state index contributed by atoms with van der Waals surface area (Å²) in [7, 11) is -4.47. The maximum atomic E-state index is 13.2. The second kappa shape index (κ2) is 8.38. The van der Waals surface area contributed by atoms with Crippen LogP contribution in [0.5, 0.6) is 5.75 Å². The summed E-state index contributed by atoms with van der Waals surface area (Å²) in [5.41, 5.74) is 2.15. The Kier molecular flexibility index (Phi) is 6.44. The van der Waals surface area contributed by atoms with Gasteiger partial charge < -0.3 is 14.9 Å². The molecule has 0 aromatic heterocycles. The van der Waals surface area contributed by atoms with E-state index in [1.807, 2.05) is 65.8 Å². The van der Waals surface area contributed by atoms with Gasteiger partial charge in [0.15, 0.2) is 0 Å². The topological polar surface area (TPSA) is 98.1 Å². The highest BCUT2D eigenvalue weighted by Crippen LogP contribution is 2.47. The number of para-hydroxylation sites is 1. The third kappa shape index (κ3) is 5.29. The molecule has 2 aromatic carbocycles. The first-order chi connectivity index (χ1) is 14.6. The van der Waals surface area contributed by atoms with Gasteiger partial charge in [0.1, 0.15) is 12.0 Å². The van der Waals surface area contributed by atoms with Gasteiger partial charge in [0.25, 0.3) is 5.91 Å². The minimum atomic E-state index is -4.47. The average Bonchev–Trinajstić information content (AvgIpc) is 2.63. The lowest BCUT2D eigenvalue weighted by atomic mass is 9.78. The summed E-state index contributed by atoms with van der Waals surface area (Å²) in [6, 6.07) is 10.8. The van der Waals surface area contributed by atoms with E-state index in [1.54, 1.807) is 18.2 Å². The molecular weight excluding hydrogens is 445 g/mol.